The summed E-state index contributed by atoms with van der Waals surface area (Å²) in [6, 6.07) is 11.2. The molecule has 6 nitrogen and oxygen atoms in total. The molecule has 1 aliphatic heterocycles. The fraction of sp³-hybridized carbons (Fsp3) is 0.417. The van der Waals surface area contributed by atoms with Crippen molar-refractivity contribution < 1.29 is 9.59 Å². The van der Waals surface area contributed by atoms with Crippen molar-refractivity contribution in [1.82, 2.24) is 4.90 Å². The molecule has 0 unspecified atom stereocenters. The largest absolute Gasteiger partial charge is 0.371 e. The molecule has 0 aliphatic carbocycles. The van der Waals surface area contributed by atoms with Crippen molar-refractivity contribution in [3.63, 3.8) is 0 Å². The molecule has 30 heavy (non-hydrogen) atoms. The highest BCUT2D eigenvalue weighted by atomic mass is 16.2. The van der Waals surface area contributed by atoms with E-state index in [4.69, 9.17) is 0 Å². The van der Waals surface area contributed by atoms with Crippen LogP contribution in [0.5, 0.6) is 0 Å². The summed E-state index contributed by atoms with van der Waals surface area (Å²) in [4.78, 5) is 29.9. The van der Waals surface area contributed by atoms with Crippen LogP contribution in [0.3, 0.4) is 0 Å². The van der Waals surface area contributed by atoms with E-state index in [-0.39, 0.29) is 11.9 Å². The van der Waals surface area contributed by atoms with Crippen LogP contribution < -0.4 is 15.5 Å². The van der Waals surface area contributed by atoms with Gasteiger partial charge in [-0.25, -0.2) is 4.79 Å². The van der Waals surface area contributed by atoms with Gasteiger partial charge >= 0.3 is 6.03 Å². The van der Waals surface area contributed by atoms with Crippen LogP contribution in [0.2, 0.25) is 0 Å². The first kappa shape index (κ1) is 21.7. The lowest BCUT2D eigenvalue weighted by molar-refractivity contribution is 0.0773. The minimum Gasteiger partial charge on any atom is -0.371 e. The quantitative estimate of drug-likeness (QED) is 0.705. The van der Waals surface area contributed by atoms with Crippen molar-refractivity contribution in [3.8, 4) is 0 Å². The van der Waals surface area contributed by atoms with Crippen molar-refractivity contribution in [3.05, 3.63) is 53.1 Å². The summed E-state index contributed by atoms with van der Waals surface area (Å²) in [5.41, 5.74) is 5.02. The number of hydrogen-bond acceptors (Lipinski definition) is 3. The maximum absolute atomic E-state index is 13.2. The van der Waals surface area contributed by atoms with Crippen molar-refractivity contribution in [2.75, 3.05) is 41.7 Å². The number of amides is 3. The highest BCUT2D eigenvalue weighted by molar-refractivity contribution is 6.04. The molecule has 0 aromatic heterocycles. The van der Waals surface area contributed by atoms with Crippen molar-refractivity contribution in [2.45, 2.75) is 40.5 Å². The highest BCUT2D eigenvalue weighted by Gasteiger charge is 2.23. The molecule has 0 bridgehead atoms. The Morgan fingerprint density at radius 1 is 0.967 bits per heavy atom. The molecular weight excluding hydrogens is 376 g/mol. The first-order valence-corrected chi connectivity index (χ1v) is 10.8. The second-order valence-electron chi connectivity index (χ2n) is 7.75. The molecule has 1 heterocycles. The minimum atomic E-state index is -0.317. The van der Waals surface area contributed by atoms with Crippen LogP contribution in [-0.2, 0) is 0 Å². The van der Waals surface area contributed by atoms with Crippen LogP contribution in [-0.4, -0.2) is 43.0 Å². The number of nitrogens with one attached hydrogen (secondary N) is 2. The van der Waals surface area contributed by atoms with Gasteiger partial charge in [-0.2, -0.15) is 0 Å². The molecule has 2 aromatic rings. The Hall–Kier alpha value is -3.02. The summed E-state index contributed by atoms with van der Waals surface area (Å²) in [6.45, 7) is 11.1. The number of carbonyl (C=O) groups excluding carboxylic acids is 2. The van der Waals surface area contributed by atoms with E-state index in [9.17, 15) is 9.59 Å². The van der Waals surface area contributed by atoms with Crippen LogP contribution in [0.25, 0.3) is 0 Å². The molecule has 1 aliphatic rings. The molecule has 0 saturated carbocycles. The summed E-state index contributed by atoms with van der Waals surface area (Å²) in [6.07, 6.45) is 2.27. The highest BCUT2D eigenvalue weighted by Crippen LogP contribution is 2.29. The number of para-hydroxylation sites is 1. The number of urea groups is 1. The van der Waals surface area contributed by atoms with Gasteiger partial charge in [-0.3, -0.25) is 4.79 Å². The third kappa shape index (κ3) is 4.75. The standard InChI is InChI=1S/C24H32N4O2/c1-5-27(6-2)23(29)20-16-19(12-13-21(20)28-14-7-8-15-28)25-24(30)26-22-17(3)10-9-11-18(22)4/h9-13,16H,5-8,14-15H2,1-4H3,(H2,25,26,30). The molecule has 3 amide bonds. The van der Waals surface area contributed by atoms with Gasteiger partial charge < -0.3 is 20.4 Å². The van der Waals surface area contributed by atoms with Gasteiger partial charge in [0.25, 0.3) is 5.91 Å². The Kier molecular flexibility index (Phi) is 6.98. The van der Waals surface area contributed by atoms with Gasteiger partial charge in [0.2, 0.25) is 0 Å². The van der Waals surface area contributed by atoms with E-state index in [0.717, 1.165) is 48.4 Å². The SMILES string of the molecule is CCN(CC)C(=O)c1cc(NC(=O)Nc2c(C)cccc2C)ccc1N1CCCC1. The summed E-state index contributed by atoms with van der Waals surface area (Å²) >= 11 is 0. The second-order valence-corrected chi connectivity index (χ2v) is 7.75. The number of nitrogens with zero attached hydrogens (tertiary/aromatic N) is 2. The van der Waals surface area contributed by atoms with E-state index in [1.807, 2.05) is 62.9 Å². The zero-order valence-electron chi connectivity index (χ0n) is 18.4. The van der Waals surface area contributed by atoms with Crippen LogP contribution >= 0.6 is 0 Å². The zero-order valence-corrected chi connectivity index (χ0v) is 18.4. The molecule has 0 radical (unpaired) electrons. The van der Waals surface area contributed by atoms with Crippen molar-refractivity contribution >= 4 is 29.0 Å². The van der Waals surface area contributed by atoms with E-state index in [1.54, 1.807) is 6.07 Å². The molecule has 0 spiro atoms. The Bertz CT molecular complexity index is 895. The maximum Gasteiger partial charge on any atom is 0.323 e. The summed E-state index contributed by atoms with van der Waals surface area (Å²) < 4.78 is 0. The topological polar surface area (TPSA) is 64.7 Å². The molecule has 0 atom stereocenters. The number of anilines is 3. The number of benzene rings is 2. The lowest BCUT2D eigenvalue weighted by atomic mass is 10.1. The molecule has 1 saturated heterocycles. The van der Waals surface area contributed by atoms with E-state index >= 15 is 0 Å². The molecular formula is C24H32N4O2. The summed E-state index contributed by atoms with van der Waals surface area (Å²) in [5.74, 6) is 0.000654. The molecule has 1 fully saturated rings. The van der Waals surface area contributed by atoms with E-state index < -0.39 is 0 Å². The monoisotopic (exact) mass is 408 g/mol. The molecule has 2 N–H and O–H groups in total. The van der Waals surface area contributed by atoms with Gasteiger partial charge in [0.05, 0.1) is 5.56 Å². The Balaban J connectivity index is 1.85. The first-order chi connectivity index (χ1) is 14.4. The van der Waals surface area contributed by atoms with Gasteiger partial charge in [0.15, 0.2) is 0 Å². The van der Waals surface area contributed by atoms with Crippen molar-refractivity contribution in [1.29, 1.82) is 0 Å². The average Bonchev–Trinajstić information content (AvgIpc) is 3.26. The van der Waals surface area contributed by atoms with Gasteiger partial charge in [0.1, 0.15) is 0 Å². The predicted molar refractivity (Wildman–Crippen MR) is 124 cm³/mol. The molecule has 6 heteroatoms. The molecule has 160 valence electrons. The van der Waals surface area contributed by atoms with Gasteiger partial charge in [-0.05, 0) is 69.9 Å². The smallest absolute Gasteiger partial charge is 0.323 e. The lowest BCUT2D eigenvalue weighted by Gasteiger charge is -2.25. The molecule has 3 rings (SSSR count). The van der Waals surface area contributed by atoms with E-state index in [0.29, 0.717) is 24.3 Å². The number of hydrogen-bond donors (Lipinski definition) is 2. The van der Waals surface area contributed by atoms with Crippen LogP contribution in [0.4, 0.5) is 21.9 Å². The Morgan fingerprint density at radius 2 is 1.60 bits per heavy atom. The minimum absolute atomic E-state index is 0.000654. The summed E-state index contributed by atoms with van der Waals surface area (Å²) in [5, 5.41) is 5.83. The third-order valence-electron chi connectivity index (χ3n) is 5.70. The normalized spacial score (nSPS) is 13.3. The predicted octanol–water partition coefficient (Wildman–Crippen LogP) is 5.03. The van der Waals surface area contributed by atoms with Crippen LogP contribution in [0.15, 0.2) is 36.4 Å². The molecule has 2 aromatic carbocycles. The first-order valence-electron chi connectivity index (χ1n) is 10.8. The fourth-order valence-corrected chi connectivity index (χ4v) is 3.99. The van der Waals surface area contributed by atoms with E-state index in [1.165, 1.54) is 0 Å². The van der Waals surface area contributed by atoms with E-state index in [2.05, 4.69) is 15.5 Å². The van der Waals surface area contributed by atoms with Gasteiger partial charge in [0, 0.05) is 43.2 Å². The maximum atomic E-state index is 13.2. The summed E-state index contributed by atoms with van der Waals surface area (Å²) in [7, 11) is 0. The lowest BCUT2D eigenvalue weighted by Crippen LogP contribution is -2.32. The average molecular weight is 409 g/mol. The number of rotatable bonds is 6. The number of carbonyl (C=O) groups is 2. The van der Waals surface area contributed by atoms with Crippen LogP contribution in [0.1, 0.15) is 48.2 Å². The van der Waals surface area contributed by atoms with Gasteiger partial charge in [-0.15, -0.1) is 0 Å². The number of aryl methyl sites for hydroxylation is 2. The van der Waals surface area contributed by atoms with Gasteiger partial charge in [-0.1, -0.05) is 18.2 Å². The third-order valence-corrected chi connectivity index (χ3v) is 5.70. The Morgan fingerprint density at radius 3 is 2.20 bits per heavy atom. The second kappa shape index (κ2) is 9.65. The van der Waals surface area contributed by atoms with Crippen LogP contribution in [0, 0.1) is 13.8 Å². The zero-order chi connectivity index (χ0) is 21.7. The Labute approximate surface area is 179 Å². The fourth-order valence-electron chi connectivity index (χ4n) is 3.99. The van der Waals surface area contributed by atoms with Crippen molar-refractivity contribution in [2.24, 2.45) is 0 Å².